The van der Waals surface area contributed by atoms with Crippen molar-refractivity contribution >= 4 is 31.6 Å². The summed E-state index contributed by atoms with van der Waals surface area (Å²) in [4.78, 5) is 12.4. The molecule has 0 N–H and O–H groups in total. The molecule has 0 bridgehead atoms. The van der Waals surface area contributed by atoms with E-state index in [0.717, 1.165) is 20.3 Å². The first-order valence-corrected chi connectivity index (χ1v) is 10.7. The number of hydroxylamine groups is 1. The zero-order valence-corrected chi connectivity index (χ0v) is 17.2. The first kappa shape index (κ1) is 19.9. The molecule has 0 aliphatic heterocycles. The van der Waals surface area contributed by atoms with Crippen LogP contribution >= 0.6 is 0 Å². The molecule has 2 atom stereocenters. The first-order valence-electron chi connectivity index (χ1n) is 8.89. The van der Waals surface area contributed by atoms with E-state index in [-0.39, 0.29) is 19.8 Å². The van der Waals surface area contributed by atoms with Gasteiger partial charge in [0.15, 0.2) is 0 Å². The molecule has 3 aromatic carbocycles. The van der Waals surface area contributed by atoms with Crippen LogP contribution in [0.1, 0.15) is 15.9 Å². The van der Waals surface area contributed by atoms with Gasteiger partial charge >= 0.3 is 171 Å². The summed E-state index contributed by atoms with van der Waals surface area (Å²) in [6.45, 7) is 0. The van der Waals surface area contributed by atoms with E-state index in [1.165, 1.54) is 13.3 Å². The van der Waals surface area contributed by atoms with E-state index < -0.39 is 12.0 Å². The molecule has 4 nitrogen and oxygen atoms in total. The van der Waals surface area contributed by atoms with Crippen LogP contribution in [0.25, 0.3) is 0 Å². The molecule has 0 aromatic heterocycles. The van der Waals surface area contributed by atoms with Crippen molar-refractivity contribution < 1.29 is 14.3 Å². The fourth-order valence-electron chi connectivity index (χ4n) is 2.85. The third kappa shape index (κ3) is 5.09. The predicted molar refractivity (Wildman–Crippen MR) is 112 cm³/mol. The van der Waals surface area contributed by atoms with Gasteiger partial charge in [-0.15, -0.1) is 0 Å². The molecule has 0 radical (unpaired) electrons. The van der Waals surface area contributed by atoms with Gasteiger partial charge in [0.25, 0.3) is 0 Å². The molecule has 142 valence electrons. The maximum atomic E-state index is 13.1. The van der Waals surface area contributed by atoms with E-state index in [4.69, 9.17) is 4.74 Å². The summed E-state index contributed by atoms with van der Waals surface area (Å²) in [6.07, 6.45) is 1.46. The van der Waals surface area contributed by atoms with E-state index in [1.54, 1.807) is 0 Å². The molecule has 0 amide bonds. The van der Waals surface area contributed by atoms with E-state index in [1.807, 2.05) is 91.0 Å². The van der Waals surface area contributed by atoms with Crippen LogP contribution in [-0.2, 0) is 9.53 Å². The summed E-state index contributed by atoms with van der Waals surface area (Å²) >= 11 is -0.144. The van der Waals surface area contributed by atoms with Crippen molar-refractivity contribution in [1.82, 2.24) is 0 Å². The Morgan fingerprint density at radius 3 is 2.04 bits per heavy atom. The second-order valence-corrected chi connectivity index (χ2v) is 8.68. The van der Waals surface area contributed by atoms with E-state index >= 15 is 0 Å². The van der Waals surface area contributed by atoms with Crippen molar-refractivity contribution in [3.63, 3.8) is 0 Å². The van der Waals surface area contributed by atoms with Gasteiger partial charge in [0, 0.05) is 0 Å². The summed E-state index contributed by atoms with van der Waals surface area (Å²) in [6, 6.07) is 27.9. The third-order valence-corrected chi connectivity index (χ3v) is 7.00. The zero-order valence-electron chi connectivity index (χ0n) is 15.5. The Labute approximate surface area is 171 Å². The van der Waals surface area contributed by atoms with Crippen LogP contribution in [0.4, 0.5) is 0 Å². The summed E-state index contributed by atoms with van der Waals surface area (Å²) < 4.78 is 6.88. The van der Waals surface area contributed by atoms with Gasteiger partial charge in [-0.1, -0.05) is 0 Å². The summed E-state index contributed by atoms with van der Waals surface area (Å²) in [5, 5.41) is 13.1. The Morgan fingerprint density at radius 2 is 1.46 bits per heavy atom. The van der Waals surface area contributed by atoms with Crippen molar-refractivity contribution in [2.24, 2.45) is 0 Å². The standard InChI is InChI=1S/C23H21NO3Se/c1-27-23(25)21(24(26)17-18-11-5-2-6-12-18)22(19-13-7-3-8-14-19)28-20-15-9-4-10-16-20/h2-17,21-22H,1H3/b24-17-/t21-,22-/m0/s1. The number of hydrogen-bond donors (Lipinski definition) is 0. The number of esters is 1. The molecule has 0 saturated heterocycles. The predicted octanol–water partition coefficient (Wildman–Crippen LogP) is 2.93. The zero-order chi connectivity index (χ0) is 19.8. The number of benzene rings is 3. The third-order valence-electron chi connectivity index (χ3n) is 4.21. The number of ether oxygens (including phenoxy) is 1. The molecule has 0 spiro atoms. The molecule has 0 fully saturated rings. The van der Waals surface area contributed by atoms with Crippen molar-refractivity contribution in [2.45, 2.75) is 10.9 Å². The minimum absolute atomic E-state index is 0.144. The first-order chi connectivity index (χ1) is 13.7. The summed E-state index contributed by atoms with van der Waals surface area (Å²) in [5.74, 6) is -0.533. The number of carbonyl (C=O) groups excluding carboxylic acids is 1. The van der Waals surface area contributed by atoms with Crippen molar-refractivity contribution in [3.8, 4) is 0 Å². The van der Waals surface area contributed by atoms with Gasteiger partial charge in [-0.25, -0.2) is 0 Å². The molecule has 3 rings (SSSR count). The van der Waals surface area contributed by atoms with Gasteiger partial charge in [0.1, 0.15) is 0 Å². The summed E-state index contributed by atoms with van der Waals surface area (Å²) in [5.41, 5.74) is 1.69. The average Bonchev–Trinajstić information content (AvgIpc) is 2.75. The van der Waals surface area contributed by atoms with Gasteiger partial charge in [0.2, 0.25) is 0 Å². The number of rotatable bonds is 7. The fraction of sp³-hybridized carbons (Fsp3) is 0.130. The normalized spacial score (nSPS) is 13.5. The molecule has 5 heteroatoms. The van der Waals surface area contributed by atoms with Gasteiger partial charge in [-0.05, 0) is 0 Å². The maximum absolute atomic E-state index is 13.1. The minimum atomic E-state index is -0.965. The molecule has 0 aliphatic rings. The Hall–Kier alpha value is -2.88. The van der Waals surface area contributed by atoms with Crippen LogP contribution < -0.4 is 4.46 Å². The monoisotopic (exact) mass is 439 g/mol. The second kappa shape index (κ2) is 9.88. The van der Waals surface area contributed by atoms with E-state index in [9.17, 15) is 10.0 Å². The average molecular weight is 438 g/mol. The van der Waals surface area contributed by atoms with Crippen LogP contribution in [0.15, 0.2) is 91.0 Å². The number of methoxy groups -OCH3 is 1. The van der Waals surface area contributed by atoms with Crippen LogP contribution in [-0.4, -0.2) is 45.0 Å². The fourth-order valence-corrected chi connectivity index (χ4v) is 5.50. The van der Waals surface area contributed by atoms with E-state index in [0.29, 0.717) is 0 Å². The molecule has 28 heavy (non-hydrogen) atoms. The Bertz CT molecular complexity index is 914. The summed E-state index contributed by atoms with van der Waals surface area (Å²) in [7, 11) is 1.32. The van der Waals surface area contributed by atoms with Crippen molar-refractivity contribution in [3.05, 3.63) is 107 Å². The van der Waals surface area contributed by atoms with Gasteiger partial charge in [-0.2, -0.15) is 0 Å². The van der Waals surface area contributed by atoms with Crippen LogP contribution in [0.5, 0.6) is 0 Å². The Balaban J connectivity index is 2.03. The molecule has 3 aromatic rings. The topological polar surface area (TPSA) is 52.4 Å². The van der Waals surface area contributed by atoms with Crippen LogP contribution in [0.3, 0.4) is 0 Å². The molecule has 0 heterocycles. The molecular weight excluding hydrogens is 417 g/mol. The van der Waals surface area contributed by atoms with Crippen LogP contribution in [0, 0.1) is 5.21 Å². The Kier molecular flexibility index (Phi) is 7.01. The van der Waals surface area contributed by atoms with E-state index in [2.05, 4.69) is 0 Å². The van der Waals surface area contributed by atoms with Crippen molar-refractivity contribution in [2.75, 3.05) is 7.11 Å². The van der Waals surface area contributed by atoms with Gasteiger partial charge < -0.3 is 0 Å². The number of nitrogens with zero attached hydrogens (tertiary/aromatic N) is 1. The van der Waals surface area contributed by atoms with Gasteiger partial charge in [0.05, 0.1) is 0 Å². The molecule has 0 unspecified atom stereocenters. The quantitative estimate of drug-likeness (QED) is 0.142. The SMILES string of the molecule is COC(=O)[C@H]([C@@H]([Se]c1ccccc1)c1ccccc1)/[N+]([O-])=C/c1ccccc1. The second-order valence-electron chi connectivity index (χ2n) is 6.13. The van der Waals surface area contributed by atoms with Crippen LogP contribution in [0.2, 0.25) is 0 Å². The Morgan fingerprint density at radius 1 is 0.929 bits per heavy atom. The van der Waals surface area contributed by atoms with Gasteiger partial charge in [-0.3, -0.25) is 0 Å². The number of carbonyl (C=O) groups is 1. The molecular formula is C23H21NO3Se. The van der Waals surface area contributed by atoms with Crippen molar-refractivity contribution in [1.29, 1.82) is 0 Å². The number of hydrogen-bond acceptors (Lipinski definition) is 3. The molecule has 0 saturated carbocycles. The molecule has 0 aliphatic carbocycles.